The Bertz CT molecular complexity index is 1230. The number of nitrogens with zero attached hydrogens (tertiary/aromatic N) is 6. The summed E-state index contributed by atoms with van der Waals surface area (Å²) in [5, 5.41) is 8.43. The number of carbonyl (C=O) groups is 1. The summed E-state index contributed by atoms with van der Waals surface area (Å²) in [5.74, 6) is 0.943. The van der Waals surface area contributed by atoms with Crippen molar-refractivity contribution in [2.24, 2.45) is 0 Å². The Balaban J connectivity index is 1.17. The van der Waals surface area contributed by atoms with Gasteiger partial charge in [0.25, 0.3) is 0 Å². The molecule has 1 aromatic carbocycles. The first-order chi connectivity index (χ1) is 17.0. The maximum absolute atomic E-state index is 13.1. The molecule has 1 saturated heterocycles. The van der Waals surface area contributed by atoms with Crippen molar-refractivity contribution in [2.75, 3.05) is 26.2 Å². The lowest BCUT2D eigenvalue weighted by Gasteiger charge is -2.40. The van der Waals surface area contributed by atoms with Gasteiger partial charge in [-0.3, -0.25) is 23.5 Å². The fraction of sp³-hybridized carbons (Fsp3) is 0.556. The first-order valence-corrected chi connectivity index (χ1v) is 13.1. The highest BCUT2D eigenvalue weighted by molar-refractivity contribution is 5.76. The Hall–Kier alpha value is -3.00. The fourth-order valence-corrected chi connectivity index (χ4v) is 5.74. The van der Waals surface area contributed by atoms with E-state index in [4.69, 9.17) is 0 Å². The second-order valence-corrected chi connectivity index (χ2v) is 10.2. The molecule has 3 heterocycles. The second-order valence-electron chi connectivity index (χ2n) is 10.2. The highest BCUT2D eigenvalue weighted by Gasteiger charge is 2.26. The highest BCUT2D eigenvalue weighted by atomic mass is 16.2. The molecule has 1 aliphatic carbocycles. The van der Waals surface area contributed by atoms with Gasteiger partial charge in [0.2, 0.25) is 11.6 Å². The standard InChI is InChI=1S/C27H36N6O2/c1-20-17-21(2)19-23(18-20)32-15-16-33-24(28-29-26(33)27(32)35)9-6-10-25(34)31-13-11-30(12-14-31)22-7-4-3-5-8-22/h15-19,22H,3-14H2,1-2H3. The molecule has 8 heteroatoms. The van der Waals surface area contributed by atoms with Crippen LogP contribution in [0.1, 0.15) is 61.9 Å². The first-order valence-electron chi connectivity index (χ1n) is 13.1. The molecule has 0 atom stereocenters. The highest BCUT2D eigenvalue weighted by Crippen LogP contribution is 2.23. The third-order valence-corrected chi connectivity index (χ3v) is 7.58. The summed E-state index contributed by atoms with van der Waals surface area (Å²) < 4.78 is 3.37. The third kappa shape index (κ3) is 5.17. The molecule has 0 bridgehead atoms. The van der Waals surface area contributed by atoms with Crippen LogP contribution in [0, 0.1) is 13.8 Å². The van der Waals surface area contributed by atoms with E-state index >= 15 is 0 Å². The molecule has 8 nitrogen and oxygen atoms in total. The van der Waals surface area contributed by atoms with E-state index in [-0.39, 0.29) is 11.5 Å². The minimum atomic E-state index is -0.192. The molecule has 1 saturated carbocycles. The van der Waals surface area contributed by atoms with Gasteiger partial charge in [0.15, 0.2) is 0 Å². The number of fused-ring (bicyclic) bond motifs is 1. The smallest absolute Gasteiger partial charge is 0.300 e. The van der Waals surface area contributed by atoms with Gasteiger partial charge in [-0.1, -0.05) is 25.3 Å². The van der Waals surface area contributed by atoms with Gasteiger partial charge in [-0.25, -0.2) is 0 Å². The van der Waals surface area contributed by atoms with Crippen molar-refractivity contribution in [3.63, 3.8) is 0 Å². The molecule has 0 N–H and O–H groups in total. The number of hydrogen-bond donors (Lipinski definition) is 0. The van der Waals surface area contributed by atoms with E-state index in [1.165, 1.54) is 32.1 Å². The lowest BCUT2D eigenvalue weighted by Crippen LogP contribution is -2.52. The monoisotopic (exact) mass is 476 g/mol. The van der Waals surface area contributed by atoms with E-state index in [2.05, 4.69) is 21.2 Å². The Labute approximate surface area is 206 Å². The predicted octanol–water partition coefficient (Wildman–Crippen LogP) is 3.30. The normalized spacial score (nSPS) is 17.8. The molecule has 0 spiro atoms. The number of rotatable bonds is 6. The fourth-order valence-electron chi connectivity index (χ4n) is 5.74. The van der Waals surface area contributed by atoms with Crippen LogP contribution in [0.25, 0.3) is 11.3 Å². The summed E-state index contributed by atoms with van der Waals surface area (Å²) in [6.45, 7) is 7.71. The van der Waals surface area contributed by atoms with E-state index in [9.17, 15) is 9.59 Å². The summed E-state index contributed by atoms with van der Waals surface area (Å²) >= 11 is 0. The number of carbonyl (C=O) groups excluding carboxylic acids is 1. The number of aromatic nitrogens is 4. The van der Waals surface area contributed by atoms with Gasteiger partial charge in [-0.05, 0) is 56.4 Å². The Morgan fingerprint density at radius 2 is 1.66 bits per heavy atom. The van der Waals surface area contributed by atoms with Gasteiger partial charge >= 0.3 is 5.56 Å². The zero-order chi connectivity index (χ0) is 24.4. The Morgan fingerprint density at radius 3 is 2.37 bits per heavy atom. The molecule has 35 heavy (non-hydrogen) atoms. The molecule has 0 radical (unpaired) electrons. The number of piperazine rings is 1. The third-order valence-electron chi connectivity index (χ3n) is 7.58. The largest absolute Gasteiger partial charge is 0.340 e. The molecular weight excluding hydrogens is 440 g/mol. The molecule has 3 aromatic rings. The zero-order valence-corrected chi connectivity index (χ0v) is 20.9. The van der Waals surface area contributed by atoms with Gasteiger partial charge in [-0.15, -0.1) is 10.2 Å². The van der Waals surface area contributed by atoms with Crippen LogP contribution in [0.3, 0.4) is 0 Å². The van der Waals surface area contributed by atoms with Gasteiger partial charge in [0, 0.05) is 63.1 Å². The molecule has 2 fully saturated rings. The van der Waals surface area contributed by atoms with Gasteiger partial charge in [0.05, 0.1) is 0 Å². The number of benzene rings is 1. The van der Waals surface area contributed by atoms with Crippen molar-refractivity contribution >= 4 is 11.6 Å². The minimum Gasteiger partial charge on any atom is -0.340 e. The van der Waals surface area contributed by atoms with Crippen LogP contribution in [-0.4, -0.2) is 67.1 Å². The van der Waals surface area contributed by atoms with Crippen LogP contribution in [-0.2, 0) is 11.2 Å². The van der Waals surface area contributed by atoms with E-state index < -0.39 is 0 Å². The number of hydrogen-bond acceptors (Lipinski definition) is 5. The molecule has 1 aliphatic heterocycles. The van der Waals surface area contributed by atoms with Crippen molar-refractivity contribution in [1.29, 1.82) is 0 Å². The molecular formula is C27H36N6O2. The SMILES string of the molecule is Cc1cc(C)cc(-n2ccn3c(CCCC(=O)N4CCN(C5CCCCC5)CC4)nnc3c2=O)c1. The maximum atomic E-state index is 13.1. The van der Waals surface area contributed by atoms with E-state index in [1.54, 1.807) is 15.2 Å². The molecule has 0 unspecified atom stereocenters. The molecule has 186 valence electrons. The molecule has 2 aromatic heterocycles. The van der Waals surface area contributed by atoms with E-state index in [0.29, 0.717) is 24.9 Å². The van der Waals surface area contributed by atoms with Crippen LogP contribution >= 0.6 is 0 Å². The molecule has 5 rings (SSSR count). The quantitative estimate of drug-likeness (QED) is 0.546. The van der Waals surface area contributed by atoms with Crippen molar-refractivity contribution in [1.82, 2.24) is 29.0 Å². The van der Waals surface area contributed by atoms with Crippen molar-refractivity contribution in [3.05, 3.63) is 57.9 Å². The minimum absolute atomic E-state index is 0.192. The van der Waals surface area contributed by atoms with Crippen LogP contribution in [0.4, 0.5) is 0 Å². The summed E-state index contributed by atoms with van der Waals surface area (Å²) in [4.78, 5) is 30.5. The van der Waals surface area contributed by atoms with E-state index in [0.717, 1.165) is 54.9 Å². The van der Waals surface area contributed by atoms with Gasteiger partial charge in [-0.2, -0.15) is 0 Å². The predicted molar refractivity (Wildman–Crippen MR) is 136 cm³/mol. The first kappa shape index (κ1) is 23.7. The van der Waals surface area contributed by atoms with Crippen molar-refractivity contribution < 1.29 is 4.79 Å². The van der Waals surface area contributed by atoms with Crippen LogP contribution in [0.15, 0.2) is 35.4 Å². The summed E-state index contributed by atoms with van der Waals surface area (Å²) in [6.07, 6.45) is 12.1. The van der Waals surface area contributed by atoms with Crippen LogP contribution in [0.5, 0.6) is 0 Å². The van der Waals surface area contributed by atoms with E-state index in [1.807, 2.05) is 37.1 Å². The number of amides is 1. The van der Waals surface area contributed by atoms with Gasteiger partial charge < -0.3 is 4.90 Å². The lowest BCUT2D eigenvalue weighted by molar-refractivity contribution is -0.133. The zero-order valence-electron chi connectivity index (χ0n) is 20.9. The van der Waals surface area contributed by atoms with Crippen LogP contribution in [0.2, 0.25) is 0 Å². The summed E-state index contributed by atoms with van der Waals surface area (Å²) in [5.41, 5.74) is 3.16. The van der Waals surface area contributed by atoms with Crippen molar-refractivity contribution in [3.8, 4) is 5.69 Å². The number of aryl methyl sites for hydroxylation is 3. The van der Waals surface area contributed by atoms with Crippen LogP contribution < -0.4 is 5.56 Å². The molecule has 2 aliphatic rings. The molecule has 1 amide bonds. The Kier molecular flexibility index (Phi) is 7.00. The maximum Gasteiger partial charge on any atom is 0.300 e. The van der Waals surface area contributed by atoms with Gasteiger partial charge in [0.1, 0.15) is 5.82 Å². The lowest BCUT2D eigenvalue weighted by atomic mass is 9.94. The summed E-state index contributed by atoms with van der Waals surface area (Å²) in [7, 11) is 0. The topological polar surface area (TPSA) is 75.7 Å². The summed E-state index contributed by atoms with van der Waals surface area (Å²) in [6, 6.07) is 6.79. The average Bonchev–Trinajstić information content (AvgIpc) is 3.28. The van der Waals surface area contributed by atoms with Crippen molar-refractivity contribution in [2.45, 2.75) is 71.3 Å². The Morgan fingerprint density at radius 1 is 0.943 bits per heavy atom. The second kappa shape index (κ2) is 10.3. The average molecular weight is 477 g/mol.